The third-order valence-electron chi connectivity index (χ3n) is 3.04. The summed E-state index contributed by atoms with van der Waals surface area (Å²) in [4.78, 5) is 10.8. The van der Waals surface area contributed by atoms with Crippen molar-refractivity contribution in [3.8, 4) is 0 Å². The summed E-state index contributed by atoms with van der Waals surface area (Å²) in [5.74, 6) is 1.47. The first kappa shape index (κ1) is 10.5. The molecule has 0 aliphatic carbocycles. The molecule has 4 heteroatoms. The maximum Gasteiger partial charge on any atom is 0.142 e. The average Bonchev–Trinajstić information content (AvgIpc) is 2.25. The Morgan fingerprint density at radius 1 is 1.47 bits per heavy atom. The molecule has 2 heterocycles. The topological polar surface area (TPSA) is 55.0 Å². The van der Waals surface area contributed by atoms with E-state index >= 15 is 0 Å². The first-order chi connectivity index (χ1) is 7.25. The van der Waals surface area contributed by atoms with Gasteiger partial charge in [-0.25, -0.2) is 9.97 Å². The predicted molar refractivity (Wildman–Crippen MR) is 59.1 cm³/mol. The van der Waals surface area contributed by atoms with E-state index in [1.54, 1.807) is 12.4 Å². The van der Waals surface area contributed by atoms with Crippen LogP contribution < -0.4 is 5.73 Å². The molecule has 2 rings (SSSR count). The van der Waals surface area contributed by atoms with Crippen molar-refractivity contribution in [1.82, 2.24) is 14.9 Å². The van der Waals surface area contributed by atoms with Crippen molar-refractivity contribution in [1.29, 1.82) is 0 Å². The Hall–Kier alpha value is -1.00. The van der Waals surface area contributed by atoms with E-state index in [1.165, 1.54) is 0 Å². The first-order valence-corrected chi connectivity index (χ1v) is 5.49. The Balaban J connectivity index is 1.91. The monoisotopic (exact) mass is 206 g/mol. The van der Waals surface area contributed by atoms with Gasteiger partial charge in [0.1, 0.15) is 5.82 Å². The fraction of sp³-hybridized carbons (Fsp3) is 0.636. The minimum atomic E-state index is 0.359. The van der Waals surface area contributed by atoms with Gasteiger partial charge in [-0.1, -0.05) is 6.92 Å². The van der Waals surface area contributed by atoms with Crippen LogP contribution in [-0.2, 0) is 6.54 Å². The zero-order valence-electron chi connectivity index (χ0n) is 9.13. The minimum absolute atomic E-state index is 0.359. The van der Waals surface area contributed by atoms with E-state index in [0.29, 0.717) is 12.0 Å². The second-order valence-electron chi connectivity index (χ2n) is 4.33. The van der Waals surface area contributed by atoms with Crippen LogP contribution in [0.5, 0.6) is 0 Å². The Labute approximate surface area is 90.5 Å². The Kier molecular flexibility index (Phi) is 3.28. The maximum atomic E-state index is 5.98. The zero-order chi connectivity index (χ0) is 10.7. The summed E-state index contributed by atoms with van der Waals surface area (Å²) in [6.07, 6.45) is 4.66. The number of hydrogen-bond acceptors (Lipinski definition) is 4. The SMILES string of the molecule is CC1CN(Cc2ncccn2)CCC1N. The number of rotatable bonds is 2. The molecule has 0 aromatic carbocycles. The molecule has 1 aromatic rings. The molecule has 2 unspecified atom stereocenters. The number of aromatic nitrogens is 2. The molecule has 0 bridgehead atoms. The van der Waals surface area contributed by atoms with Crippen LogP contribution in [0.3, 0.4) is 0 Å². The highest BCUT2D eigenvalue weighted by atomic mass is 15.2. The molecule has 4 nitrogen and oxygen atoms in total. The molecule has 0 amide bonds. The standard InChI is InChI=1S/C11H18N4/c1-9-7-15(6-3-10(9)12)8-11-13-4-2-5-14-11/h2,4-5,9-10H,3,6-8,12H2,1H3. The minimum Gasteiger partial charge on any atom is -0.327 e. The van der Waals surface area contributed by atoms with Crippen molar-refractivity contribution in [2.75, 3.05) is 13.1 Å². The van der Waals surface area contributed by atoms with E-state index in [-0.39, 0.29) is 0 Å². The Morgan fingerprint density at radius 2 is 2.20 bits per heavy atom. The van der Waals surface area contributed by atoms with Gasteiger partial charge in [0.15, 0.2) is 0 Å². The fourth-order valence-corrected chi connectivity index (χ4v) is 2.01. The third-order valence-corrected chi connectivity index (χ3v) is 3.04. The fourth-order valence-electron chi connectivity index (χ4n) is 2.01. The van der Waals surface area contributed by atoms with Gasteiger partial charge in [-0.05, 0) is 18.4 Å². The number of nitrogens with zero attached hydrogens (tertiary/aromatic N) is 3. The summed E-state index contributed by atoms with van der Waals surface area (Å²) < 4.78 is 0. The summed E-state index contributed by atoms with van der Waals surface area (Å²) in [5, 5.41) is 0. The predicted octanol–water partition coefficient (Wildman–Crippen LogP) is 0.646. The molecule has 1 fully saturated rings. The summed E-state index contributed by atoms with van der Waals surface area (Å²) in [6.45, 7) is 5.17. The van der Waals surface area contributed by atoms with Crippen LogP contribution in [0.25, 0.3) is 0 Å². The van der Waals surface area contributed by atoms with Crippen LogP contribution in [0.2, 0.25) is 0 Å². The van der Waals surface area contributed by atoms with Crippen molar-refractivity contribution >= 4 is 0 Å². The van der Waals surface area contributed by atoms with Gasteiger partial charge < -0.3 is 5.73 Å². The number of piperidine rings is 1. The summed E-state index contributed by atoms with van der Waals surface area (Å²) >= 11 is 0. The highest BCUT2D eigenvalue weighted by Gasteiger charge is 2.23. The lowest BCUT2D eigenvalue weighted by atomic mass is 9.95. The number of likely N-dealkylation sites (tertiary alicyclic amines) is 1. The summed E-state index contributed by atoms with van der Waals surface area (Å²) in [6, 6.07) is 2.20. The second-order valence-corrected chi connectivity index (χ2v) is 4.33. The molecular formula is C11H18N4. The molecule has 15 heavy (non-hydrogen) atoms. The van der Waals surface area contributed by atoms with E-state index in [4.69, 9.17) is 5.73 Å². The Bertz CT molecular complexity index is 301. The molecular weight excluding hydrogens is 188 g/mol. The van der Waals surface area contributed by atoms with Crippen LogP contribution in [0, 0.1) is 5.92 Å². The van der Waals surface area contributed by atoms with Gasteiger partial charge in [0.25, 0.3) is 0 Å². The van der Waals surface area contributed by atoms with Crippen molar-refractivity contribution in [2.24, 2.45) is 11.7 Å². The summed E-state index contributed by atoms with van der Waals surface area (Å²) in [7, 11) is 0. The molecule has 0 saturated carbocycles. The molecule has 1 saturated heterocycles. The highest BCUT2D eigenvalue weighted by molar-refractivity contribution is 4.90. The lowest BCUT2D eigenvalue weighted by Crippen LogP contribution is -2.45. The second kappa shape index (κ2) is 4.68. The van der Waals surface area contributed by atoms with Crippen LogP contribution in [0.4, 0.5) is 0 Å². The quantitative estimate of drug-likeness (QED) is 0.771. The Morgan fingerprint density at radius 3 is 2.87 bits per heavy atom. The largest absolute Gasteiger partial charge is 0.327 e. The van der Waals surface area contributed by atoms with Crippen molar-refractivity contribution in [3.05, 3.63) is 24.3 Å². The van der Waals surface area contributed by atoms with Gasteiger partial charge in [0, 0.05) is 31.5 Å². The van der Waals surface area contributed by atoms with Gasteiger partial charge in [-0.15, -0.1) is 0 Å². The normalized spacial score (nSPS) is 27.9. The third kappa shape index (κ3) is 2.73. The van der Waals surface area contributed by atoms with E-state index in [9.17, 15) is 0 Å². The van der Waals surface area contributed by atoms with Crippen molar-refractivity contribution in [2.45, 2.75) is 25.9 Å². The molecule has 82 valence electrons. The first-order valence-electron chi connectivity index (χ1n) is 5.49. The van der Waals surface area contributed by atoms with Gasteiger partial charge in [-0.3, -0.25) is 4.90 Å². The lowest BCUT2D eigenvalue weighted by molar-refractivity contribution is 0.154. The average molecular weight is 206 g/mol. The van der Waals surface area contributed by atoms with Gasteiger partial charge in [0.2, 0.25) is 0 Å². The number of hydrogen-bond donors (Lipinski definition) is 1. The molecule has 0 radical (unpaired) electrons. The van der Waals surface area contributed by atoms with Gasteiger partial charge in [-0.2, -0.15) is 0 Å². The van der Waals surface area contributed by atoms with Crippen LogP contribution >= 0.6 is 0 Å². The number of nitrogens with two attached hydrogens (primary N) is 1. The molecule has 1 aliphatic heterocycles. The van der Waals surface area contributed by atoms with Crippen molar-refractivity contribution in [3.63, 3.8) is 0 Å². The maximum absolute atomic E-state index is 5.98. The molecule has 2 atom stereocenters. The smallest absolute Gasteiger partial charge is 0.142 e. The van der Waals surface area contributed by atoms with E-state index in [2.05, 4.69) is 21.8 Å². The molecule has 0 spiro atoms. The highest BCUT2D eigenvalue weighted by Crippen LogP contribution is 2.15. The summed E-state index contributed by atoms with van der Waals surface area (Å²) in [5.41, 5.74) is 5.98. The van der Waals surface area contributed by atoms with E-state index < -0.39 is 0 Å². The lowest BCUT2D eigenvalue weighted by Gasteiger charge is -2.34. The molecule has 1 aliphatic rings. The van der Waals surface area contributed by atoms with Crippen LogP contribution in [0.1, 0.15) is 19.2 Å². The molecule has 1 aromatic heterocycles. The van der Waals surface area contributed by atoms with Crippen LogP contribution in [0.15, 0.2) is 18.5 Å². The van der Waals surface area contributed by atoms with E-state index in [0.717, 1.165) is 31.9 Å². The van der Waals surface area contributed by atoms with Gasteiger partial charge in [0.05, 0.1) is 6.54 Å². The van der Waals surface area contributed by atoms with Crippen molar-refractivity contribution < 1.29 is 0 Å². The van der Waals surface area contributed by atoms with Crippen LogP contribution in [-0.4, -0.2) is 34.0 Å². The van der Waals surface area contributed by atoms with Gasteiger partial charge >= 0.3 is 0 Å². The van der Waals surface area contributed by atoms with E-state index in [1.807, 2.05) is 6.07 Å². The zero-order valence-corrected chi connectivity index (χ0v) is 9.13. The molecule has 2 N–H and O–H groups in total.